The summed E-state index contributed by atoms with van der Waals surface area (Å²) >= 11 is 0. The Morgan fingerprint density at radius 3 is 2.00 bits per heavy atom. The first kappa shape index (κ1) is 12.1. The molecule has 0 saturated heterocycles. The molecule has 16 heavy (non-hydrogen) atoms. The summed E-state index contributed by atoms with van der Waals surface area (Å²) in [5.74, 6) is -2.19. The molecule has 0 unspecified atom stereocenters. The number of aliphatic carboxylic acids is 1. The number of hydrogen-bond donors (Lipinski definition) is 1. The van der Waals surface area contributed by atoms with Crippen LogP contribution in [-0.4, -0.2) is 16.9 Å². The molecule has 0 spiro atoms. The van der Waals surface area contributed by atoms with Crippen LogP contribution in [0.2, 0.25) is 0 Å². The number of Topliss-reactive ketones (excluding diaryl/α,β-unsaturated/α-hetero) is 1. The Morgan fingerprint density at radius 1 is 1.12 bits per heavy atom. The van der Waals surface area contributed by atoms with E-state index in [1.807, 2.05) is 0 Å². The molecule has 0 saturated carbocycles. The highest BCUT2D eigenvalue weighted by molar-refractivity contribution is 6.21. The van der Waals surface area contributed by atoms with Crippen molar-refractivity contribution in [3.05, 3.63) is 41.2 Å². The van der Waals surface area contributed by atoms with Gasteiger partial charge >= 0.3 is 5.97 Å². The molecule has 1 aromatic rings. The van der Waals surface area contributed by atoms with Crippen LogP contribution in [0.5, 0.6) is 0 Å². The number of rotatable bonds is 3. The topological polar surface area (TPSA) is 54.4 Å². The van der Waals surface area contributed by atoms with E-state index in [1.54, 1.807) is 0 Å². The molecular weight excluding hydrogens is 211 g/mol. The summed E-state index contributed by atoms with van der Waals surface area (Å²) in [4.78, 5) is 22.0. The molecule has 84 valence electrons. The minimum absolute atomic E-state index is 0.272. The van der Waals surface area contributed by atoms with Gasteiger partial charge < -0.3 is 5.11 Å². The van der Waals surface area contributed by atoms with Crippen LogP contribution in [0.3, 0.4) is 0 Å². The molecule has 0 aliphatic carbocycles. The number of allylic oxidation sites excluding steroid dienone is 1. The lowest BCUT2D eigenvalue weighted by Gasteiger charge is -2.05. The molecular formula is C12H11FO3. The van der Waals surface area contributed by atoms with Crippen LogP contribution < -0.4 is 0 Å². The molecule has 1 aromatic carbocycles. The number of ketones is 1. The SMILES string of the molecule is CC(=O)/C(C(=O)O)=C(/C)c1ccc(F)cc1. The lowest BCUT2D eigenvalue weighted by molar-refractivity contribution is -0.134. The smallest absolute Gasteiger partial charge is 0.339 e. The van der Waals surface area contributed by atoms with Crippen molar-refractivity contribution in [1.29, 1.82) is 0 Å². The van der Waals surface area contributed by atoms with Crippen LogP contribution in [0.15, 0.2) is 29.8 Å². The summed E-state index contributed by atoms with van der Waals surface area (Å²) in [6, 6.07) is 5.32. The number of carboxylic acids is 1. The van der Waals surface area contributed by atoms with Crippen molar-refractivity contribution < 1.29 is 19.1 Å². The highest BCUT2D eigenvalue weighted by Crippen LogP contribution is 2.19. The van der Waals surface area contributed by atoms with E-state index < -0.39 is 17.6 Å². The van der Waals surface area contributed by atoms with Crippen molar-refractivity contribution in [1.82, 2.24) is 0 Å². The fourth-order valence-corrected chi connectivity index (χ4v) is 1.42. The Labute approximate surface area is 92.2 Å². The Hall–Kier alpha value is -1.97. The largest absolute Gasteiger partial charge is 0.478 e. The molecule has 0 bridgehead atoms. The summed E-state index contributed by atoms with van der Waals surface area (Å²) in [7, 11) is 0. The highest BCUT2D eigenvalue weighted by Gasteiger charge is 2.17. The summed E-state index contributed by atoms with van der Waals surface area (Å²) in [6.07, 6.45) is 0. The predicted molar refractivity (Wildman–Crippen MR) is 57.3 cm³/mol. The van der Waals surface area contributed by atoms with Gasteiger partial charge in [-0.25, -0.2) is 9.18 Å². The summed E-state index contributed by atoms with van der Waals surface area (Å²) < 4.78 is 12.7. The fourth-order valence-electron chi connectivity index (χ4n) is 1.42. The zero-order valence-corrected chi connectivity index (χ0v) is 8.95. The third kappa shape index (κ3) is 2.53. The van der Waals surface area contributed by atoms with Crippen LogP contribution >= 0.6 is 0 Å². The van der Waals surface area contributed by atoms with E-state index in [-0.39, 0.29) is 5.57 Å². The first-order valence-corrected chi connectivity index (χ1v) is 4.64. The van der Waals surface area contributed by atoms with Gasteiger partial charge in [-0.1, -0.05) is 12.1 Å². The zero-order valence-electron chi connectivity index (χ0n) is 8.95. The first-order valence-electron chi connectivity index (χ1n) is 4.64. The number of carbonyl (C=O) groups is 2. The van der Waals surface area contributed by atoms with Gasteiger partial charge in [0.05, 0.1) is 0 Å². The minimum atomic E-state index is -1.27. The second kappa shape index (κ2) is 4.70. The molecule has 4 heteroatoms. The Morgan fingerprint density at radius 2 is 1.62 bits per heavy atom. The monoisotopic (exact) mass is 222 g/mol. The summed E-state index contributed by atoms with van der Waals surface area (Å²) in [5, 5.41) is 8.88. The Balaban J connectivity index is 3.29. The van der Waals surface area contributed by atoms with Gasteiger partial charge in [0.25, 0.3) is 0 Å². The maximum atomic E-state index is 12.7. The van der Waals surface area contributed by atoms with Gasteiger partial charge in [0.15, 0.2) is 5.78 Å². The maximum absolute atomic E-state index is 12.7. The number of carboxylic acid groups (broad SMARTS) is 1. The molecule has 0 aromatic heterocycles. The van der Waals surface area contributed by atoms with E-state index in [2.05, 4.69) is 0 Å². The number of carbonyl (C=O) groups excluding carboxylic acids is 1. The van der Waals surface area contributed by atoms with Crippen molar-refractivity contribution in [2.75, 3.05) is 0 Å². The molecule has 0 aliphatic rings. The Kier molecular flexibility index (Phi) is 3.55. The second-order valence-electron chi connectivity index (χ2n) is 3.37. The van der Waals surface area contributed by atoms with Gasteiger partial charge in [-0.05, 0) is 37.1 Å². The summed E-state index contributed by atoms with van der Waals surface area (Å²) in [5.41, 5.74) is 0.584. The number of hydrogen-bond acceptors (Lipinski definition) is 2. The van der Waals surface area contributed by atoms with E-state index in [0.29, 0.717) is 11.1 Å². The quantitative estimate of drug-likeness (QED) is 0.485. The van der Waals surface area contributed by atoms with Crippen LogP contribution in [0.25, 0.3) is 5.57 Å². The normalized spacial score (nSPS) is 11.9. The molecule has 1 N–H and O–H groups in total. The van der Waals surface area contributed by atoms with Gasteiger partial charge in [-0.15, -0.1) is 0 Å². The van der Waals surface area contributed by atoms with Gasteiger partial charge in [0, 0.05) is 0 Å². The third-order valence-electron chi connectivity index (χ3n) is 2.22. The van der Waals surface area contributed by atoms with Crippen LogP contribution in [-0.2, 0) is 9.59 Å². The van der Waals surface area contributed by atoms with Crippen molar-refractivity contribution in [3.8, 4) is 0 Å². The van der Waals surface area contributed by atoms with Crippen molar-refractivity contribution in [3.63, 3.8) is 0 Å². The zero-order chi connectivity index (χ0) is 12.3. The van der Waals surface area contributed by atoms with E-state index >= 15 is 0 Å². The van der Waals surface area contributed by atoms with E-state index in [1.165, 1.54) is 38.1 Å². The number of halogens is 1. The molecule has 0 fully saturated rings. The Bertz CT molecular complexity index is 442. The molecule has 3 nitrogen and oxygen atoms in total. The van der Waals surface area contributed by atoms with Gasteiger partial charge in [0.2, 0.25) is 0 Å². The molecule has 0 aliphatic heterocycles. The van der Waals surface area contributed by atoms with Gasteiger partial charge in [0.1, 0.15) is 11.4 Å². The minimum Gasteiger partial charge on any atom is -0.478 e. The van der Waals surface area contributed by atoms with E-state index in [9.17, 15) is 14.0 Å². The average molecular weight is 222 g/mol. The maximum Gasteiger partial charge on any atom is 0.339 e. The lowest BCUT2D eigenvalue weighted by Crippen LogP contribution is -2.11. The third-order valence-corrected chi connectivity index (χ3v) is 2.22. The van der Waals surface area contributed by atoms with E-state index in [0.717, 1.165) is 0 Å². The van der Waals surface area contributed by atoms with Gasteiger partial charge in [-0.3, -0.25) is 4.79 Å². The highest BCUT2D eigenvalue weighted by atomic mass is 19.1. The fraction of sp³-hybridized carbons (Fsp3) is 0.167. The summed E-state index contributed by atoms with van der Waals surface area (Å²) in [6.45, 7) is 2.72. The average Bonchev–Trinajstić information content (AvgIpc) is 2.17. The molecule has 0 radical (unpaired) electrons. The van der Waals surface area contributed by atoms with Crippen LogP contribution in [0.1, 0.15) is 19.4 Å². The second-order valence-corrected chi connectivity index (χ2v) is 3.37. The van der Waals surface area contributed by atoms with E-state index in [4.69, 9.17) is 5.11 Å². The molecule has 0 atom stereocenters. The lowest BCUT2D eigenvalue weighted by atomic mass is 9.99. The van der Waals surface area contributed by atoms with Crippen LogP contribution in [0, 0.1) is 5.82 Å². The molecule has 1 rings (SSSR count). The molecule has 0 heterocycles. The van der Waals surface area contributed by atoms with Crippen LogP contribution in [0.4, 0.5) is 4.39 Å². The van der Waals surface area contributed by atoms with Crippen molar-refractivity contribution in [2.24, 2.45) is 0 Å². The molecule has 0 amide bonds. The number of benzene rings is 1. The van der Waals surface area contributed by atoms with Crippen molar-refractivity contribution in [2.45, 2.75) is 13.8 Å². The first-order chi connectivity index (χ1) is 7.43. The van der Waals surface area contributed by atoms with Crippen molar-refractivity contribution >= 4 is 17.3 Å². The predicted octanol–water partition coefficient (Wildman–Crippen LogP) is 2.27. The van der Waals surface area contributed by atoms with Gasteiger partial charge in [-0.2, -0.15) is 0 Å². The standard InChI is InChI=1S/C12H11FO3/c1-7(11(8(2)14)12(15)16)9-3-5-10(13)6-4-9/h3-6H,1-2H3,(H,15,16)/b11-7+.